The molecule has 2 unspecified atom stereocenters. The number of nitrogens with zero attached hydrogens (tertiary/aromatic N) is 6. The summed E-state index contributed by atoms with van der Waals surface area (Å²) in [7, 11) is 0. The third-order valence-corrected chi connectivity index (χ3v) is 10.8. The summed E-state index contributed by atoms with van der Waals surface area (Å²) < 4.78 is 0. The molecule has 10 nitrogen and oxygen atoms in total. The number of carbonyl (C=O) groups is 2. The first-order valence-corrected chi connectivity index (χ1v) is 17.6. The first kappa shape index (κ1) is 31.5. The minimum Gasteiger partial charge on any atom is -0.348 e. The zero-order valence-electron chi connectivity index (χ0n) is 27.5. The van der Waals surface area contributed by atoms with E-state index in [-0.39, 0.29) is 36.6 Å². The van der Waals surface area contributed by atoms with E-state index in [0.717, 1.165) is 73.9 Å². The van der Waals surface area contributed by atoms with Gasteiger partial charge in [0.2, 0.25) is 0 Å². The van der Waals surface area contributed by atoms with Crippen molar-refractivity contribution in [1.29, 1.82) is 0 Å². The quantitative estimate of drug-likeness (QED) is 0.186. The van der Waals surface area contributed by atoms with E-state index in [4.69, 9.17) is 9.68 Å². The maximum absolute atomic E-state index is 13.3. The van der Waals surface area contributed by atoms with Gasteiger partial charge in [0.1, 0.15) is 0 Å². The molecule has 0 spiro atoms. The third kappa shape index (κ3) is 6.38. The van der Waals surface area contributed by atoms with E-state index in [1.54, 1.807) is 22.2 Å². The molecule has 2 atom stereocenters. The van der Waals surface area contributed by atoms with E-state index < -0.39 is 0 Å². The lowest BCUT2D eigenvalue weighted by atomic mass is 9.75. The standard InChI is InChI=1S/C39H42N6O4/c46-38-42(32-11-3-1-4-12-32)36(30-9-7-23-40-26-30)44(48-38)34-19-15-28(16-20-34)25-29-17-21-35(22-18-29)45-37(31-10-8-24-41-27-31)43(39(47)49-45)33-13-5-2-6-14-33/h1-14,23-24,26-29,34-37H,15-22,25H2. The van der Waals surface area contributed by atoms with Crippen LogP contribution in [0.2, 0.25) is 0 Å². The number of aromatic nitrogens is 2. The Morgan fingerprint density at radius 1 is 0.531 bits per heavy atom. The van der Waals surface area contributed by atoms with Crippen LogP contribution in [-0.4, -0.2) is 44.4 Å². The Bertz CT molecular complexity index is 1570. The molecule has 2 aliphatic carbocycles. The van der Waals surface area contributed by atoms with Crippen LogP contribution in [0.4, 0.5) is 21.0 Å². The molecule has 2 aromatic heterocycles. The molecule has 2 amide bonds. The number of hydrogen-bond acceptors (Lipinski definition) is 8. The van der Waals surface area contributed by atoms with E-state index in [9.17, 15) is 9.59 Å². The van der Waals surface area contributed by atoms with Gasteiger partial charge in [0, 0.05) is 59.4 Å². The molecule has 4 aromatic rings. The molecule has 252 valence electrons. The molecule has 2 saturated carbocycles. The Morgan fingerprint density at radius 2 is 0.939 bits per heavy atom. The fraction of sp³-hybridized carbons (Fsp3) is 0.385. The Labute approximate surface area is 287 Å². The fourth-order valence-electron chi connectivity index (χ4n) is 8.41. The Balaban J connectivity index is 0.891. The molecule has 8 rings (SSSR count). The number of pyridine rings is 2. The van der Waals surface area contributed by atoms with E-state index in [2.05, 4.69) is 9.97 Å². The van der Waals surface area contributed by atoms with Crippen LogP contribution < -0.4 is 9.80 Å². The van der Waals surface area contributed by atoms with E-state index >= 15 is 0 Å². The van der Waals surface area contributed by atoms with Gasteiger partial charge in [-0.1, -0.05) is 48.5 Å². The van der Waals surface area contributed by atoms with E-state index in [1.165, 1.54) is 6.42 Å². The Morgan fingerprint density at radius 3 is 1.31 bits per heavy atom. The number of anilines is 2. The van der Waals surface area contributed by atoms with Crippen LogP contribution in [0.3, 0.4) is 0 Å². The summed E-state index contributed by atoms with van der Waals surface area (Å²) >= 11 is 0. The number of para-hydroxylation sites is 2. The van der Waals surface area contributed by atoms with Crippen LogP contribution in [0, 0.1) is 11.8 Å². The molecule has 49 heavy (non-hydrogen) atoms. The fourth-order valence-corrected chi connectivity index (χ4v) is 8.41. The van der Waals surface area contributed by atoms with Gasteiger partial charge in [0.15, 0.2) is 12.3 Å². The lowest BCUT2D eigenvalue weighted by Crippen LogP contribution is -2.41. The van der Waals surface area contributed by atoms with Gasteiger partial charge >= 0.3 is 12.2 Å². The lowest BCUT2D eigenvalue weighted by molar-refractivity contribution is -0.138. The van der Waals surface area contributed by atoms with E-state index in [1.807, 2.05) is 107 Å². The predicted molar refractivity (Wildman–Crippen MR) is 185 cm³/mol. The highest BCUT2D eigenvalue weighted by atomic mass is 16.7. The Hall–Kier alpha value is -4.80. The van der Waals surface area contributed by atoms with Crippen molar-refractivity contribution in [3.8, 4) is 0 Å². The average Bonchev–Trinajstić information content (AvgIpc) is 3.70. The molecule has 2 saturated heterocycles. The number of rotatable bonds is 8. The van der Waals surface area contributed by atoms with Gasteiger partial charge in [-0.05, 0) is 106 Å². The first-order valence-electron chi connectivity index (χ1n) is 17.6. The van der Waals surface area contributed by atoms with Gasteiger partial charge in [-0.15, -0.1) is 10.1 Å². The summed E-state index contributed by atoms with van der Waals surface area (Å²) in [5.41, 5.74) is 3.52. The molecule has 2 aromatic carbocycles. The summed E-state index contributed by atoms with van der Waals surface area (Å²) in [6, 6.07) is 27.7. The summed E-state index contributed by atoms with van der Waals surface area (Å²) in [6.07, 6.45) is 15.4. The normalized spacial score (nSPS) is 28.0. The van der Waals surface area contributed by atoms with Crippen LogP contribution in [0.5, 0.6) is 0 Å². The van der Waals surface area contributed by atoms with Crippen LogP contribution in [0.1, 0.15) is 81.2 Å². The zero-order valence-corrected chi connectivity index (χ0v) is 27.5. The monoisotopic (exact) mass is 658 g/mol. The summed E-state index contributed by atoms with van der Waals surface area (Å²) in [5.74, 6) is 1.30. The zero-order chi connectivity index (χ0) is 33.2. The molecular formula is C39H42N6O4. The molecule has 0 radical (unpaired) electrons. The molecule has 10 heteroatoms. The maximum Gasteiger partial charge on any atom is 0.435 e. The second kappa shape index (κ2) is 14.0. The van der Waals surface area contributed by atoms with Crippen LogP contribution in [0.25, 0.3) is 0 Å². The second-order valence-corrected chi connectivity index (χ2v) is 13.8. The van der Waals surface area contributed by atoms with Crippen molar-refractivity contribution < 1.29 is 19.3 Å². The number of carbonyl (C=O) groups excluding carboxylic acids is 2. The van der Waals surface area contributed by atoms with Crippen LogP contribution in [0.15, 0.2) is 110 Å². The number of hydrogen-bond donors (Lipinski definition) is 0. The molecule has 4 heterocycles. The lowest BCUT2D eigenvalue weighted by Gasteiger charge is -2.39. The predicted octanol–water partition coefficient (Wildman–Crippen LogP) is 8.43. The van der Waals surface area contributed by atoms with Crippen molar-refractivity contribution in [3.63, 3.8) is 0 Å². The van der Waals surface area contributed by atoms with Crippen molar-refractivity contribution in [1.82, 2.24) is 20.1 Å². The molecule has 4 aliphatic rings. The largest absolute Gasteiger partial charge is 0.435 e. The van der Waals surface area contributed by atoms with Crippen molar-refractivity contribution >= 4 is 23.6 Å². The van der Waals surface area contributed by atoms with Crippen molar-refractivity contribution in [2.24, 2.45) is 11.8 Å². The van der Waals surface area contributed by atoms with Crippen LogP contribution in [-0.2, 0) is 9.68 Å². The SMILES string of the molecule is O=C1ON(C2CCC(CC3CCC(N4OC(=O)N(c5ccccc5)C4c4cccnc4)CC3)CC2)C(c2cccnc2)N1c1ccccc1. The minimum absolute atomic E-state index is 0.150. The highest BCUT2D eigenvalue weighted by Crippen LogP contribution is 2.45. The number of hydroxylamine groups is 4. The Kier molecular flexibility index (Phi) is 8.97. The molecule has 4 fully saturated rings. The van der Waals surface area contributed by atoms with Gasteiger partial charge in [0.05, 0.1) is 0 Å². The smallest absolute Gasteiger partial charge is 0.348 e. The molecular weight excluding hydrogens is 616 g/mol. The molecule has 2 aliphatic heterocycles. The van der Waals surface area contributed by atoms with Gasteiger partial charge < -0.3 is 9.68 Å². The highest BCUT2D eigenvalue weighted by molar-refractivity contribution is 5.90. The van der Waals surface area contributed by atoms with Crippen molar-refractivity contribution in [2.45, 2.75) is 82.2 Å². The summed E-state index contributed by atoms with van der Waals surface area (Å²) in [6.45, 7) is 0. The van der Waals surface area contributed by atoms with Gasteiger partial charge in [0.25, 0.3) is 0 Å². The molecule has 0 N–H and O–H groups in total. The summed E-state index contributed by atoms with van der Waals surface area (Å²) in [4.78, 5) is 50.8. The maximum atomic E-state index is 13.3. The number of benzene rings is 2. The highest BCUT2D eigenvalue weighted by Gasteiger charge is 2.48. The van der Waals surface area contributed by atoms with Crippen LogP contribution >= 0.6 is 0 Å². The molecule has 0 bridgehead atoms. The summed E-state index contributed by atoms with van der Waals surface area (Å²) in [5, 5.41) is 3.87. The third-order valence-electron chi connectivity index (χ3n) is 10.8. The van der Waals surface area contributed by atoms with Gasteiger partial charge in [-0.3, -0.25) is 19.8 Å². The van der Waals surface area contributed by atoms with Crippen molar-refractivity contribution in [2.75, 3.05) is 9.80 Å². The van der Waals surface area contributed by atoms with E-state index in [0.29, 0.717) is 11.8 Å². The van der Waals surface area contributed by atoms with Gasteiger partial charge in [-0.25, -0.2) is 9.59 Å². The number of amides is 2. The average molecular weight is 659 g/mol. The minimum atomic E-state index is -0.353. The van der Waals surface area contributed by atoms with Crippen molar-refractivity contribution in [3.05, 3.63) is 121 Å². The van der Waals surface area contributed by atoms with Gasteiger partial charge in [-0.2, -0.15) is 0 Å². The first-order chi connectivity index (χ1) is 24.1. The second-order valence-electron chi connectivity index (χ2n) is 13.8. The topological polar surface area (TPSA) is 91.3 Å².